The van der Waals surface area contributed by atoms with Crippen molar-refractivity contribution in [2.45, 2.75) is 26.2 Å². The van der Waals surface area contributed by atoms with Gasteiger partial charge in [0.2, 0.25) is 0 Å². The second kappa shape index (κ2) is 3.63. The van der Waals surface area contributed by atoms with Gasteiger partial charge in [-0.1, -0.05) is 11.6 Å². The molecule has 2 aromatic heterocycles. The first kappa shape index (κ1) is 9.90. The van der Waals surface area contributed by atoms with Crippen molar-refractivity contribution in [2.24, 2.45) is 5.92 Å². The summed E-state index contributed by atoms with van der Waals surface area (Å²) >= 11 is 6.14. The molecule has 0 bridgehead atoms. The third kappa shape index (κ3) is 1.63. The van der Waals surface area contributed by atoms with E-state index in [2.05, 4.69) is 15.2 Å². The predicted octanol–water partition coefficient (Wildman–Crippen LogP) is 2.98. The van der Waals surface area contributed by atoms with Crippen LogP contribution < -0.4 is 0 Å². The van der Waals surface area contributed by atoms with Gasteiger partial charge in [0.25, 0.3) is 0 Å². The molecule has 0 atom stereocenters. The molecule has 0 radical (unpaired) electrons. The molecule has 0 aromatic carbocycles. The van der Waals surface area contributed by atoms with Crippen LogP contribution in [-0.4, -0.2) is 15.2 Å². The maximum absolute atomic E-state index is 6.14. The second-order valence-corrected chi connectivity index (χ2v) is 4.66. The molecular formula is C11H12ClN3O. The molecule has 16 heavy (non-hydrogen) atoms. The molecule has 84 valence electrons. The lowest BCUT2D eigenvalue weighted by Crippen LogP contribution is -1.90. The van der Waals surface area contributed by atoms with Gasteiger partial charge in [0.15, 0.2) is 12.2 Å². The summed E-state index contributed by atoms with van der Waals surface area (Å²) in [5.41, 5.74) is 2.49. The predicted molar refractivity (Wildman–Crippen MR) is 60.3 cm³/mol. The van der Waals surface area contributed by atoms with Gasteiger partial charge in [0.05, 0.1) is 16.4 Å². The number of rotatable bonds is 3. The molecule has 2 heterocycles. The zero-order valence-corrected chi connectivity index (χ0v) is 9.71. The minimum atomic E-state index is 0.619. The lowest BCUT2D eigenvalue weighted by atomic mass is 10.1. The molecule has 0 unspecified atom stereocenters. The van der Waals surface area contributed by atoms with Crippen LogP contribution in [-0.2, 0) is 6.42 Å². The van der Waals surface area contributed by atoms with Crippen LogP contribution in [0.4, 0.5) is 0 Å². The number of oxazole rings is 1. The molecule has 1 N–H and O–H groups in total. The van der Waals surface area contributed by atoms with Crippen molar-refractivity contribution in [2.75, 3.05) is 0 Å². The molecule has 4 nitrogen and oxygen atoms in total. The van der Waals surface area contributed by atoms with Gasteiger partial charge in [0, 0.05) is 0 Å². The molecule has 1 aliphatic carbocycles. The zero-order chi connectivity index (χ0) is 11.1. The fourth-order valence-electron chi connectivity index (χ4n) is 1.77. The number of aryl methyl sites for hydroxylation is 1. The molecule has 0 aliphatic heterocycles. The van der Waals surface area contributed by atoms with E-state index >= 15 is 0 Å². The van der Waals surface area contributed by atoms with E-state index in [0.29, 0.717) is 16.5 Å². The maximum Gasteiger partial charge on any atom is 0.181 e. The number of aromatic amines is 1. The molecule has 5 heteroatoms. The van der Waals surface area contributed by atoms with Crippen molar-refractivity contribution in [1.29, 1.82) is 0 Å². The van der Waals surface area contributed by atoms with Crippen LogP contribution >= 0.6 is 11.6 Å². The van der Waals surface area contributed by atoms with E-state index in [0.717, 1.165) is 23.7 Å². The van der Waals surface area contributed by atoms with Gasteiger partial charge in [-0.05, 0) is 32.1 Å². The molecule has 3 rings (SSSR count). The van der Waals surface area contributed by atoms with Crippen LogP contribution in [0.15, 0.2) is 10.8 Å². The lowest BCUT2D eigenvalue weighted by molar-refractivity contribution is 0.568. The highest BCUT2D eigenvalue weighted by atomic mass is 35.5. The van der Waals surface area contributed by atoms with Crippen LogP contribution in [0.3, 0.4) is 0 Å². The second-order valence-electron chi connectivity index (χ2n) is 4.29. The van der Waals surface area contributed by atoms with E-state index < -0.39 is 0 Å². The normalized spacial score (nSPS) is 15.6. The SMILES string of the molecule is Cc1[nH]nc(-c2ocnc2CC2CC2)c1Cl. The Bertz CT molecular complexity index is 513. The van der Waals surface area contributed by atoms with Crippen molar-refractivity contribution in [3.63, 3.8) is 0 Å². The van der Waals surface area contributed by atoms with Crippen molar-refractivity contribution in [3.05, 3.63) is 22.8 Å². The first-order valence-electron chi connectivity index (χ1n) is 5.39. The van der Waals surface area contributed by atoms with Crippen molar-refractivity contribution < 1.29 is 4.42 Å². The average molecular weight is 238 g/mol. The van der Waals surface area contributed by atoms with Gasteiger partial charge >= 0.3 is 0 Å². The number of hydrogen-bond acceptors (Lipinski definition) is 3. The van der Waals surface area contributed by atoms with E-state index in [-0.39, 0.29) is 0 Å². The van der Waals surface area contributed by atoms with Gasteiger partial charge < -0.3 is 4.42 Å². The summed E-state index contributed by atoms with van der Waals surface area (Å²) in [6.45, 7) is 1.88. The Morgan fingerprint density at radius 1 is 1.56 bits per heavy atom. The van der Waals surface area contributed by atoms with Crippen LogP contribution in [0.2, 0.25) is 5.02 Å². The Balaban J connectivity index is 1.98. The van der Waals surface area contributed by atoms with E-state index in [1.165, 1.54) is 19.2 Å². The summed E-state index contributed by atoms with van der Waals surface area (Å²) in [5, 5.41) is 7.63. The zero-order valence-electron chi connectivity index (χ0n) is 8.96. The average Bonchev–Trinajstić information content (AvgIpc) is 2.87. The quantitative estimate of drug-likeness (QED) is 0.893. The van der Waals surface area contributed by atoms with Crippen LogP contribution in [0.5, 0.6) is 0 Å². The molecule has 1 saturated carbocycles. The third-order valence-corrected chi connectivity index (χ3v) is 3.37. The van der Waals surface area contributed by atoms with Gasteiger partial charge in [-0.25, -0.2) is 4.98 Å². The van der Waals surface area contributed by atoms with E-state index in [1.54, 1.807) is 0 Å². The third-order valence-electron chi connectivity index (χ3n) is 2.91. The fourth-order valence-corrected chi connectivity index (χ4v) is 1.94. The number of halogens is 1. The molecule has 0 spiro atoms. The summed E-state index contributed by atoms with van der Waals surface area (Å²) in [7, 11) is 0. The van der Waals surface area contributed by atoms with Crippen LogP contribution in [0.25, 0.3) is 11.5 Å². The Hall–Kier alpha value is -1.29. The van der Waals surface area contributed by atoms with E-state index in [4.69, 9.17) is 16.0 Å². The molecule has 0 saturated heterocycles. The van der Waals surface area contributed by atoms with Gasteiger partial charge in [-0.2, -0.15) is 5.10 Å². The van der Waals surface area contributed by atoms with Crippen LogP contribution in [0, 0.1) is 12.8 Å². The minimum absolute atomic E-state index is 0.619. The van der Waals surface area contributed by atoms with E-state index in [9.17, 15) is 0 Å². The summed E-state index contributed by atoms with van der Waals surface area (Å²) < 4.78 is 5.40. The van der Waals surface area contributed by atoms with Gasteiger partial charge in [0.1, 0.15) is 5.69 Å². The first-order valence-corrected chi connectivity index (χ1v) is 5.76. The summed E-state index contributed by atoms with van der Waals surface area (Å²) in [6.07, 6.45) is 5.01. The fraction of sp³-hybridized carbons (Fsp3) is 0.455. The molecule has 1 aliphatic rings. The Morgan fingerprint density at radius 3 is 3.00 bits per heavy atom. The van der Waals surface area contributed by atoms with Crippen molar-refractivity contribution >= 4 is 11.6 Å². The highest BCUT2D eigenvalue weighted by molar-refractivity contribution is 6.33. The lowest BCUT2D eigenvalue weighted by Gasteiger charge is -1.97. The molecule has 1 fully saturated rings. The van der Waals surface area contributed by atoms with Gasteiger partial charge in [-0.15, -0.1) is 0 Å². The van der Waals surface area contributed by atoms with E-state index in [1.807, 2.05) is 6.92 Å². The summed E-state index contributed by atoms with van der Waals surface area (Å²) in [6, 6.07) is 0. The topological polar surface area (TPSA) is 54.7 Å². The molecule has 2 aromatic rings. The minimum Gasteiger partial charge on any atom is -0.441 e. The number of H-pyrrole nitrogens is 1. The van der Waals surface area contributed by atoms with Crippen LogP contribution in [0.1, 0.15) is 24.2 Å². The summed E-state index contributed by atoms with van der Waals surface area (Å²) in [4.78, 5) is 4.24. The standard InChI is InChI=1S/C11H12ClN3O/c1-6-9(12)10(15-14-6)11-8(13-5-16-11)4-7-2-3-7/h5,7H,2-4H2,1H3,(H,14,15). The highest BCUT2D eigenvalue weighted by Gasteiger charge is 2.26. The number of hydrogen-bond donors (Lipinski definition) is 1. The number of nitrogens with one attached hydrogen (secondary N) is 1. The Kier molecular flexibility index (Phi) is 2.24. The highest BCUT2D eigenvalue weighted by Crippen LogP contribution is 2.36. The summed E-state index contributed by atoms with van der Waals surface area (Å²) in [5.74, 6) is 1.48. The Labute approximate surface area is 98.0 Å². The van der Waals surface area contributed by atoms with Crippen molar-refractivity contribution in [1.82, 2.24) is 15.2 Å². The molecular weight excluding hydrogens is 226 g/mol. The monoisotopic (exact) mass is 237 g/mol. The smallest absolute Gasteiger partial charge is 0.181 e. The van der Waals surface area contributed by atoms with Crippen molar-refractivity contribution in [3.8, 4) is 11.5 Å². The van der Waals surface area contributed by atoms with Gasteiger partial charge in [-0.3, -0.25) is 5.10 Å². The molecule has 0 amide bonds. The first-order chi connectivity index (χ1) is 7.75. The Morgan fingerprint density at radius 2 is 2.38 bits per heavy atom. The number of nitrogens with zero attached hydrogens (tertiary/aromatic N) is 2. The number of aromatic nitrogens is 3. The largest absolute Gasteiger partial charge is 0.441 e. The maximum atomic E-state index is 6.14.